The van der Waals surface area contributed by atoms with Crippen LogP contribution >= 0.6 is 11.3 Å². The molecular weight excluding hydrogens is 470 g/mol. The second-order valence-electron chi connectivity index (χ2n) is 11.1. The molecule has 0 bridgehead atoms. The summed E-state index contributed by atoms with van der Waals surface area (Å²) in [5.41, 5.74) is 2.44. The van der Waals surface area contributed by atoms with Crippen LogP contribution < -0.4 is 0 Å². The van der Waals surface area contributed by atoms with Crippen molar-refractivity contribution in [3.8, 4) is 0 Å². The van der Waals surface area contributed by atoms with Gasteiger partial charge in [-0.1, -0.05) is 67.0 Å². The van der Waals surface area contributed by atoms with Gasteiger partial charge in [-0.2, -0.15) is 0 Å². The summed E-state index contributed by atoms with van der Waals surface area (Å²) in [4.78, 5) is 28.8. The van der Waals surface area contributed by atoms with Crippen LogP contribution in [0.25, 0.3) is 6.08 Å². The maximum atomic E-state index is 13.2. The molecule has 0 amide bonds. The van der Waals surface area contributed by atoms with Crippen molar-refractivity contribution in [2.45, 2.75) is 108 Å². The molecule has 1 aromatic rings. The van der Waals surface area contributed by atoms with Crippen molar-refractivity contribution in [1.82, 2.24) is 4.98 Å². The molecule has 0 saturated carbocycles. The Kier molecular flexibility index (Phi) is 14.7. The van der Waals surface area contributed by atoms with Crippen LogP contribution in [0.4, 0.5) is 0 Å². The van der Waals surface area contributed by atoms with Gasteiger partial charge in [-0.25, -0.2) is 4.98 Å². The average molecular weight is 522 g/mol. The van der Waals surface area contributed by atoms with Crippen LogP contribution in [-0.2, 0) is 9.59 Å². The van der Waals surface area contributed by atoms with Gasteiger partial charge in [0.1, 0.15) is 5.78 Å². The topological polar surface area (TPSA) is 87.5 Å². The Hall–Kier alpha value is -1.79. The molecule has 0 fully saturated rings. The third-order valence-corrected chi connectivity index (χ3v) is 8.70. The van der Waals surface area contributed by atoms with E-state index in [1.54, 1.807) is 11.3 Å². The zero-order chi connectivity index (χ0) is 26.9. The Morgan fingerprint density at radius 2 is 1.78 bits per heavy atom. The summed E-state index contributed by atoms with van der Waals surface area (Å²) in [6.07, 6.45) is 7.21. The number of rotatable bonds is 15. The maximum Gasteiger partial charge on any atom is 0.303 e. The summed E-state index contributed by atoms with van der Waals surface area (Å²) < 4.78 is 0. The fourth-order valence-electron chi connectivity index (χ4n) is 4.42. The van der Waals surface area contributed by atoms with Gasteiger partial charge in [0, 0.05) is 23.1 Å². The third-order valence-electron chi connectivity index (χ3n) is 7.91. The molecule has 0 aliphatic rings. The van der Waals surface area contributed by atoms with Gasteiger partial charge >= 0.3 is 5.97 Å². The lowest BCUT2D eigenvalue weighted by atomic mass is 9.67. The van der Waals surface area contributed by atoms with E-state index in [0.29, 0.717) is 12.3 Å². The number of carbonyl (C=O) groups excluding carboxylic acids is 1. The van der Waals surface area contributed by atoms with Crippen LogP contribution in [0.3, 0.4) is 0 Å². The molecule has 1 heterocycles. The minimum atomic E-state index is -0.857. The van der Waals surface area contributed by atoms with Crippen LogP contribution in [0.2, 0.25) is 0 Å². The summed E-state index contributed by atoms with van der Waals surface area (Å²) in [5, 5.41) is 22.6. The van der Waals surface area contributed by atoms with Gasteiger partial charge in [-0.15, -0.1) is 11.3 Å². The molecular formula is C30H51NO4S. The SMILES string of the molecule is C.C/C(=C/CC(O)/C(C)=C/c1csc(C)n1)CCC[C@H](C)[C@H](C)[C@@H](C)C(=O)C(C)(C)[C@@H](C)CC(=O)O. The van der Waals surface area contributed by atoms with Gasteiger partial charge < -0.3 is 10.2 Å². The van der Waals surface area contributed by atoms with E-state index in [-0.39, 0.29) is 37.4 Å². The fraction of sp³-hybridized carbons (Fsp3) is 0.700. The second-order valence-corrected chi connectivity index (χ2v) is 12.1. The van der Waals surface area contributed by atoms with E-state index >= 15 is 0 Å². The van der Waals surface area contributed by atoms with Crippen LogP contribution in [0.15, 0.2) is 22.6 Å². The Labute approximate surface area is 224 Å². The predicted molar refractivity (Wildman–Crippen MR) is 153 cm³/mol. The van der Waals surface area contributed by atoms with Crippen molar-refractivity contribution < 1.29 is 19.8 Å². The zero-order valence-electron chi connectivity index (χ0n) is 23.2. The Morgan fingerprint density at radius 1 is 1.17 bits per heavy atom. The first kappa shape index (κ1) is 34.2. The van der Waals surface area contributed by atoms with Crippen molar-refractivity contribution in [3.05, 3.63) is 33.3 Å². The number of ketones is 1. The van der Waals surface area contributed by atoms with E-state index < -0.39 is 17.5 Å². The molecule has 6 heteroatoms. The van der Waals surface area contributed by atoms with Crippen molar-refractivity contribution in [2.75, 3.05) is 0 Å². The molecule has 2 N–H and O–H groups in total. The highest BCUT2D eigenvalue weighted by Gasteiger charge is 2.39. The standard InChI is InChI=1S/C29H47NO4S.CH4/c1-18(13-14-26(31)20(3)15-25-17-35-24(7)30-25)11-10-12-19(2)22(5)23(6)28(34)29(8,9)21(4)16-27(32)33;/h13,15,17,19,21-23,26,31H,10-12,14,16H2,1-9H3,(H,32,33);1H4/b18-13-,20-15+;/t19-,21-,22-,23+,26?;/m0./s1. The summed E-state index contributed by atoms with van der Waals surface area (Å²) >= 11 is 1.61. The number of carboxylic acid groups (broad SMARTS) is 1. The molecule has 0 aromatic carbocycles. The van der Waals surface area contributed by atoms with Crippen LogP contribution in [0, 0.1) is 36.0 Å². The number of aliphatic carboxylic acids is 1. The van der Waals surface area contributed by atoms with Crippen molar-refractivity contribution in [3.63, 3.8) is 0 Å². The number of aromatic nitrogens is 1. The first-order valence-corrected chi connectivity index (χ1v) is 13.7. The van der Waals surface area contributed by atoms with E-state index in [1.165, 1.54) is 5.57 Å². The first-order chi connectivity index (χ1) is 16.2. The van der Waals surface area contributed by atoms with Gasteiger partial charge in [-0.3, -0.25) is 9.59 Å². The van der Waals surface area contributed by atoms with Crippen molar-refractivity contribution >= 4 is 29.2 Å². The van der Waals surface area contributed by atoms with Crippen molar-refractivity contribution in [1.29, 1.82) is 0 Å². The number of hydrogen-bond acceptors (Lipinski definition) is 5. The maximum absolute atomic E-state index is 13.2. The second kappa shape index (κ2) is 15.5. The molecule has 0 saturated heterocycles. The van der Waals surface area contributed by atoms with Crippen LogP contribution in [0.5, 0.6) is 0 Å². The van der Waals surface area contributed by atoms with Gasteiger partial charge in [0.05, 0.1) is 16.8 Å². The number of carboxylic acids is 1. The Bertz CT molecular complexity index is 899. The molecule has 0 aliphatic heterocycles. The summed E-state index contributed by atoms with van der Waals surface area (Å²) in [6, 6.07) is 0. The van der Waals surface area contributed by atoms with Gasteiger partial charge in [0.2, 0.25) is 0 Å². The molecule has 5 nitrogen and oxygen atoms in total. The van der Waals surface area contributed by atoms with E-state index in [4.69, 9.17) is 5.11 Å². The number of carbonyl (C=O) groups is 2. The molecule has 1 rings (SSSR count). The highest BCUT2D eigenvalue weighted by atomic mass is 32.1. The van der Waals surface area contributed by atoms with Gasteiger partial charge in [0.15, 0.2) is 0 Å². The monoisotopic (exact) mass is 521 g/mol. The van der Waals surface area contributed by atoms with E-state index in [1.807, 2.05) is 53.0 Å². The molecule has 1 unspecified atom stereocenters. The number of aliphatic hydroxyl groups excluding tert-OH is 1. The number of hydrogen-bond donors (Lipinski definition) is 2. The van der Waals surface area contributed by atoms with E-state index in [2.05, 4.69) is 31.8 Å². The highest BCUT2D eigenvalue weighted by Crippen LogP contribution is 2.37. The lowest BCUT2D eigenvalue weighted by Crippen LogP contribution is -2.39. The van der Waals surface area contributed by atoms with E-state index in [0.717, 1.165) is 35.5 Å². The average Bonchev–Trinajstić information content (AvgIpc) is 3.19. The number of aryl methyl sites for hydroxylation is 1. The molecule has 206 valence electrons. The molecule has 0 aliphatic carbocycles. The first-order valence-electron chi connectivity index (χ1n) is 12.9. The fourth-order valence-corrected chi connectivity index (χ4v) is 4.99. The summed E-state index contributed by atoms with van der Waals surface area (Å²) in [7, 11) is 0. The molecule has 1 aromatic heterocycles. The third kappa shape index (κ3) is 10.7. The number of nitrogens with zero attached hydrogens (tertiary/aromatic N) is 1. The zero-order valence-corrected chi connectivity index (χ0v) is 24.0. The number of Topliss-reactive ketones (excluding diaryl/α,β-unsaturated/α-hetero) is 1. The van der Waals surface area contributed by atoms with Crippen LogP contribution in [-0.4, -0.2) is 33.1 Å². The lowest BCUT2D eigenvalue weighted by Gasteiger charge is -2.35. The smallest absolute Gasteiger partial charge is 0.303 e. The van der Waals surface area contributed by atoms with Crippen LogP contribution in [0.1, 0.15) is 106 Å². The summed E-state index contributed by atoms with van der Waals surface area (Å²) in [5.74, 6) is -0.392. The molecule has 0 spiro atoms. The lowest BCUT2D eigenvalue weighted by molar-refractivity contribution is -0.141. The normalized spacial score (nSPS) is 17.1. The van der Waals surface area contributed by atoms with Crippen molar-refractivity contribution in [2.24, 2.45) is 29.1 Å². The molecule has 36 heavy (non-hydrogen) atoms. The molecule has 0 radical (unpaired) electrons. The largest absolute Gasteiger partial charge is 0.481 e. The number of thiazole rings is 1. The number of allylic oxidation sites excluding steroid dienone is 1. The van der Waals surface area contributed by atoms with Gasteiger partial charge in [-0.05, 0) is 69.4 Å². The minimum absolute atomic E-state index is 0. The predicted octanol–water partition coefficient (Wildman–Crippen LogP) is 7.97. The Morgan fingerprint density at radius 3 is 2.31 bits per heavy atom. The quantitative estimate of drug-likeness (QED) is 0.228. The Balaban J connectivity index is 0.0000122. The molecule has 5 atom stereocenters. The highest BCUT2D eigenvalue weighted by molar-refractivity contribution is 7.09. The van der Waals surface area contributed by atoms with E-state index in [9.17, 15) is 14.7 Å². The van der Waals surface area contributed by atoms with Gasteiger partial charge in [0.25, 0.3) is 0 Å². The number of aliphatic hydroxyl groups is 1. The minimum Gasteiger partial charge on any atom is -0.481 e. The summed E-state index contributed by atoms with van der Waals surface area (Å²) in [6.45, 7) is 18.0.